The van der Waals surface area contributed by atoms with Crippen LogP contribution in [0.15, 0.2) is 18.2 Å². The number of ether oxygens (including phenoxy) is 1. The van der Waals surface area contributed by atoms with Gasteiger partial charge in [0.1, 0.15) is 11.4 Å². The van der Waals surface area contributed by atoms with Gasteiger partial charge in [0.15, 0.2) is 0 Å². The third kappa shape index (κ3) is 3.62. The van der Waals surface area contributed by atoms with Crippen molar-refractivity contribution in [3.05, 3.63) is 24.0 Å². The maximum Gasteiger partial charge on any atom is 0.414 e. The summed E-state index contributed by atoms with van der Waals surface area (Å²) in [5.41, 5.74) is 5.21. The Morgan fingerprint density at radius 1 is 1.41 bits per heavy atom. The first-order chi connectivity index (χ1) is 7.70. The van der Waals surface area contributed by atoms with E-state index in [-0.39, 0.29) is 5.69 Å². The van der Waals surface area contributed by atoms with E-state index in [1.807, 2.05) is 0 Å². The van der Waals surface area contributed by atoms with Crippen LogP contribution < -0.4 is 10.6 Å². The number of nitrogen functional groups attached to an aromatic ring is 1. The normalized spacial score (nSPS) is 11.1. The van der Waals surface area contributed by atoms with E-state index in [1.165, 1.54) is 24.1 Å². The Kier molecular flexibility index (Phi) is 3.60. The van der Waals surface area contributed by atoms with E-state index in [0.29, 0.717) is 5.69 Å². The van der Waals surface area contributed by atoms with Crippen molar-refractivity contribution in [2.24, 2.45) is 0 Å². The molecule has 2 N–H and O–H groups in total. The molecule has 94 valence electrons. The zero-order valence-electron chi connectivity index (χ0n) is 10.5. The van der Waals surface area contributed by atoms with E-state index in [0.717, 1.165) is 0 Å². The van der Waals surface area contributed by atoms with Gasteiger partial charge in [0, 0.05) is 12.7 Å². The molecule has 0 saturated carbocycles. The van der Waals surface area contributed by atoms with Crippen LogP contribution in [0.4, 0.5) is 20.6 Å². The van der Waals surface area contributed by atoms with Gasteiger partial charge in [-0.15, -0.1) is 0 Å². The molecule has 0 radical (unpaired) electrons. The van der Waals surface area contributed by atoms with Crippen LogP contribution in [0.3, 0.4) is 0 Å². The molecule has 0 unspecified atom stereocenters. The Morgan fingerprint density at radius 2 is 2.00 bits per heavy atom. The molecule has 17 heavy (non-hydrogen) atoms. The van der Waals surface area contributed by atoms with Gasteiger partial charge in [-0.3, -0.25) is 4.90 Å². The monoisotopic (exact) mass is 240 g/mol. The summed E-state index contributed by atoms with van der Waals surface area (Å²) in [5.74, 6) is -0.557. The van der Waals surface area contributed by atoms with E-state index in [9.17, 15) is 9.18 Å². The maximum absolute atomic E-state index is 13.2. The van der Waals surface area contributed by atoms with Crippen LogP contribution in [-0.4, -0.2) is 18.7 Å². The van der Waals surface area contributed by atoms with Gasteiger partial charge >= 0.3 is 6.09 Å². The summed E-state index contributed by atoms with van der Waals surface area (Å²) in [6, 6.07) is 4.16. The van der Waals surface area contributed by atoms with Crippen molar-refractivity contribution in [3.63, 3.8) is 0 Å². The Balaban J connectivity index is 2.85. The number of benzene rings is 1. The fourth-order valence-electron chi connectivity index (χ4n) is 1.16. The predicted octanol–water partition coefficient (Wildman–Crippen LogP) is 2.78. The highest BCUT2D eigenvalue weighted by molar-refractivity contribution is 5.87. The number of anilines is 2. The van der Waals surface area contributed by atoms with Crippen LogP contribution in [0, 0.1) is 5.82 Å². The number of nitrogens with zero attached hydrogens (tertiary/aromatic N) is 1. The molecule has 4 nitrogen and oxygen atoms in total. The number of rotatable bonds is 1. The van der Waals surface area contributed by atoms with E-state index >= 15 is 0 Å². The summed E-state index contributed by atoms with van der Waals surface area (Å²) < 4.78 is 18.4. The first kappa shape index (κ1) is 13.3. The van der Waals surface area contributed by atoms with Gasteiger partial charge in [0.2, 0.25) is 0 Å². The fraction of sp³-hybridized carbons (Fsp3) is 0.417. The number of halogens is 1. The molecule has 0 aliphatic carbocycles. The molecule has 0 atom stereocenters. The van der Waals surface area contributed by atoms with Gasteiger partial charge in [-0.1, -0.05) is 0 Å². The molecule has 0 spiro atoms. The minimum Gasteiger partial charge on any atom is -0.443 e. The van der Waals surface area contributed by atoms with Crippen LogP contribution in [0.1, 0.15) is 20.8 Å². The first-order valence-electron chi connectivity index (χ1n) is 5.22. The molecule has 0 saturated heterocycles. The van der Waals surface area contributed by atoms with Crippen molar-refractivity contribution in [2.75, 3.05) is 17.7 Å². The van der Waals surface area contributed by atoms with Crippen molar-refractivity contribution >= 4 is 17.5 Å². The molecule has 0 heterocycles. The summed E-state index contributed by atoms with van der Waals surface area (Å²) in [5, 5.41) is 0. The SMILES string of the molecule is CN(C(=O)OC(C)(C)C)c1ccc(N)c(F)c1. The van der Waals surface area contributed by atoms with Crippen molar-refractivity contribution in [3.8, 4) is 0 Å². The van der Waals surface area contributed by atoms with Crippen molar-refractivity contribution in [2.45, 2.75) is 26.4 Å². The molecule has 0 aromatic heterocycles. The number of hydrogen-bond acceptors (Lipinski definition) is 3. The lowest BCUT2D eigenvalue weighted by atomic mass is 10.2. The quantitative estimate of drug-likeness (QED) is 0.768. The minimum absolute atomic E-state index is 0.0475. The van der Waals surface area contributed by atoms with Gasteiger partial charge in [-0.25, -0.2) is 9.18 Å². The number of carbonyl (C=O) groups is 1. The summed E-state index contributed by atoms with van der Waals surface area (Å²) in [4.78, 5) is 12.9. The molecule has 5 heteroatoms. The van der Waals surface area contributed by atoms with Gasteiger partial charge < -0.3 is 10.5 Å². The van der Waals surface area contributed by atoms with Gasteiger partial charge in [-0.2, -0.15) is 0 Å². The predicted molar refractivity (Wildman–Crippen MR) is 65.4 cm³/mol. The summed E-state index contributed by atoms with van der Waals surface area (Å²) >= 11 is 0. The second-order valence-electron chi connectivity index (χ2n) is 4.75. The fourth-order valence-corrected chi connectivity index (χ4v) is 1.16. The molecule has 0 fully saturated rings. The zero-order chi connectivity index (χ0) is 13.2. The van der Waals surface area contributed by atoms with E-state index in [1.54, 1.807) is 26.8 Å². The molecule has 1 rings (SSSR count). The van der Waals surface area contributed by atoms with E-state index in [4.69, 9.17) is 10.5 Å². The average molecular weight is 240 g/mol. The summed E-state index contributed by atoms with van der Waals surface area (Å²) in [6.07, 6.45) is -0.540. The Hall–Kier alpha value is -1.78. The summed E-state index contributed by atoms with van der Waals surface area (Å²) in [7, 11) is 1.51. The highest BCUT2D eigenvalue weighted by Gasteiger charge is 2.20. The van der Waals surface area contributed by atoms with Crippen LogP contribution in [0.5, 0.6) is 0 Å². The molecule has 0 aliphatic rings. The smallest absolute Gasteiger partial charge is 0.414 e. The Bertz CT molecular complexity index is 427. The van der Waals surface area contributed by atoms with Crippen molar-refractivity contribution in [1.29, 1.82) is 0 Å². The second-order valence-corrected chi connectivity index (χ2v) is 4.75. The molecular weight excluding hydrogens is 223 g/mol. The Morgan fingerprint density at radius 3 is 2.47 bits per heavy atom. The topological polar surface area (TPSA) is 55.6 Å². The zero-order valence-corrected chi connectivity index (χ0v) is 10.5. The van der Waals surface area contributed by atoms with E-state index in [2.05, 4.69) is 0 Å². The van der Waals surface area contributed by atoms with Crippen molar-refractivity contribution in [1.82, 2.24) is 0 Å². The van der Waals surface area contributed by atoms with E-state index < -0.39 is 17.5 Å². The number of nitrogens with two attached hydrogens (primary N) is 1. The highest BCUT2D eigenvalue weighted by atomic mass is 19.1. The first-order valence-corrected chi connectivity index (χ1v) is 5.22. The average Bonchev–Trinajstić information content (AvgIpc) is 2.18. The third-order valence-electron chi connectivity index (χ3n) is 2.04. The molecular formula is C12H17FN2O2. The van der Waals surface area contributed by atoms with Crippen LogP contribution in [0.25, 0.3) is 0 Å². The lowest BCUT2D eigenvalue weighted by molar-refractivity contribution is 0.0589. The standard InChI is InChI=1S/C12H17FN2O2/c1-12(2,3)17-11(16)15(4)8-5-6-10(14)9(13)7-8/h5-7H,14H2,1-4H3. The van der Waals surface area contributed by atoms with Gasteiger partial charge in [0.05, 0.1) is 5.69 Å². The molecule has 0 aliphatic heterocycles. The number of amides is 1. The Labute approximate surface area is 100 Å². The molecule has 0 bridgehead atoms. The lowest BCUT2D eigenvalue weighted by Gasteiger charge is -2.24. The number of hydrogen-bond donors (Lipinski definition) is 1. The van der Waals surface area contributed by atoms with Crippen molar-refractivity contribution < 1.29 is 13.9 Å². The van der Waals surface area contributed by atoms with Gasteiger partial charge in [-0.05, 0) is 39.0 Å². The van der Waals surface area contributed by atoms with Crippen LogP contribution >= 0.6 is 0 Å². The van der Waals surface area contributed by atoms with Crippen LogP contribution in [-0.2, 0) is 4.74 Å². The van der Waals surface area contributed by atoms with Crippen LogP contribution in [0.2, 0.25) is 0 Å². The molecule has 1 aromatic carbocycles. The molecule has 1 aromatic rings. The minimum atomic E-state index is -0.586. The lowest BCUT2D eigenvalue weighted by Crippen LogP contribution is -2.34. The summed E-state index contributed by atoms with van der Waals surface area (Å²) in [6.45, 7) is 5.30. The largest absolute Gasteiger partial charge is 0.443 e. The van der Waals surface area contributed by atoms with Gasteiger partial charge in [0.25, 0.3) is 0 Å². The maximum atomic E-state index is 13.2. The second kappa shape index (κ2) is 4.61. The third-order valence-corrected chi connectivity index (χ3v) is 2.04. The highest BCUT2D eigenvalue weighted by Crippen LogP contribution is 2.20. The molecule has 1 amide bonds. The number of carbonyl (C=O) groups excluding carboxylic acids is 1.